The van der Waals surface area contributed by atoms with Gasteiger partial charge in [0.05, 0.1) is 12.2 Å². The second-order valence-corrected chi connectivity index (χ2v) is 5.00. The van der Waals surface area contributed by atoms with Gasteiger partial charge in [0.15, 0.2) is 6.29 Å². The van der Waals surface area contributed by atoms with Crippen LogP contribution in [-0.2, 0) is 19.1 Å². The highest BCUT2D eigenvalue weighted by atomic mass is 16.7. The van der Waals surface area contributed by atoms with E-state index in [2.05, 4.69) is 0 Å². The topological polar surface area (TPSA) is 116 Å². The van der Waals surface area contributed by atoms with Crippen molar-refractivity contribution in [1.29, 1.82) is 0 Å². The third-order valence-electron chi connectivity index (χ3n) is 3.16. The Bertz CT molecular complexity index is 331. The monoisotopic (exact) mass is 289 g/mol. The first-order chi connectivity index (χ1) is 9.40. The number of Topliss-reactive ketones (excluding diaryl/α,β-unsaturated/α-hetero) is 1. The van der Waals surface area contributed by atoms with E-state index >= 15 is 0 Å². The number of hydrogen-bond acceptors (Lipinski definition) is 7. The molecule has 2 N–H and O–H groups in total. The Morgan fingerprint density at radius 3 is 2.65 bits per heavy atom. The van der Waals surface area contributed by atoms with Crippen molar-refractivity contribution >= 4 is 11.8 Å². The molecule has 1 fully saturated rings. The SMILES string of the molecule is C[C@@H]1O[C@@H](OCCCCC(=O)CC(=O)[O-])[C@H](O)C[C@H]1O. The summed E-state index contributed by atoms with van der Waals surface area (Å²) < 4.78 is 10.7. The van der Waals surface area contributed by atoms with Gasteiger partial charge in [-0.15, -0.1) is 0 Å². The average Bonchev–Trinajstić information content (AvgIpc) is 2.34. The maximum atomic E-state index is 11.1. The molecule has 0 aromatic rings. The molecule has 0 unspecified atom stereocenters. The van der Waals surface area contributed by atoms with Crippen molar-refractivity contribution in [2.24, 2.45) is 0 Å². The van der Waals surface area contributed by atoms with Gasteiger partial charge in [0.2, 0.25) is 0 Å². The molecule has 1 saturated heterocycles. The van der Waals surface area contributed by atoms with Crippen LogP contribution in [0.1, 0.15) is 39.0 Å². The van der Waals surface area contributed by atoms with Crippen molar-refractivity contribution in [2.75, 3.05) is 6.61 Å². The Labute approximate surface area is 117 Å². The van der Waals surface area contributed by atoms with E-state index in [0.29, 0.717) is 19.4 Å². The molecule has 1 heterocycles. The predicted octanol–water partition coefficient (Wildman–Crippen LogP) is -1.26. The van der Waals surface area contributed by atoms with Crippen LogP contribution in [0, 0.1) is 0 Å². The third-order valence-corrected chi connectivity index (χ3v) is 3.16. The number of hydrogen-bond donors (Lipinski definition) is 2. The van der Waals surface area contributed by atoms with Crippen molar-refractivity contribution in [1.82, 2.24) is 0 Å². The van der Waals surface area contributed by atoms with Crippen LogP contribution in [0.3, 0.4) is 0 Å². The number of aliphatic carboxylic acids is 1. The van der Waals surface area contributed by atoms with Crippen LogP contribution in [0.4, 0.5) is 0 Å². The first-order valence-corrected chi connectivity index (χ1v) is 6.75. The van der Waals surface area contributed by atoms with Gasteiger partial charge in [-0.1, -0.05) is 0 Å². The van der Waals surface area contributed by atoms with Gasteiger partial charge in [-0.3, -0.25) is 4.79 Å². The van der Waals surface area contributed by atoms with Crippen LogP contribution < -0.4 is 5.11 Å². The number of ether oxygens (including phenoxy) is 2. The molecule has 7 heteroatoms. The second kappa shape index (κ2) is 8.31. The number of aliphatic hydroxyl groups is 2. The third kappa shape index (κ3) is 5.96. The fourth-order valence-corrected chi connectivity index (χ4v) is 1.97. The van der Waals surface area contributed by atoms with E-state index in [1.54, 1.807) is 6.92 Å². The Hall–Kier alpha value is -1.02. The summed E-state index contributed by atoms with van der Waals surface area (Å²) in [5, 5.41) is 29.3. The number of unbranched alkanes of at least 4 members (excludes halogenated alkanes) is 1. The van der Waals surface area contributed by atoms with E-state index in [1.807, 2.05) is 0 Å². The van der Waals surface area contributed by atoms with Gasteiger partial charge >= 0.3 is 0 Å². The zero-order valence-corrected chi connectivity index (χ0v) is 11.5. The molecule has 1 aliphatic heterocycles. The normalized spacial score (nSPS) is 30.1. The van der Waals surface area contributed by atoms with E-state index in [9.17, 15) is 24.9 Å². The molecule has 1 aliphatic rings. The predicted molar refractivity (Wildman–Crippen MR) is 65.4 cm³/mol. The van der Waals surface area contributed by atoms with Gasteiger partial charge in [-0.05, 0) is 19.8 Å². The molecule has 0 aliphatic carbocycles. The molecule has 0 aromatic heterocycles. The van der Waals surface area contributed by atoms with Gasteiger partial charge < -0.3 is 29.6 Å². The zero-order valence-electron chi connectivity index (χ0n) is 11.5. The summed E-state index contributed by atoms with van der Waals surface area (Å²) in [6.45, 7) is 1.99. The molecule has 0 aromatic carbocycles. The van der Waals surface area contributed by atoms with Crippen LogP contribution in [0.15, 0.2) is 0 Å². The minimum absolute atomic E-state index is 0.167. The summed E-state index contributed by atoms with van der Waals surface area (Å²) >= 11 is 0. The van der Waals surface area contributed by atoms with Crippen molar-refractivity contribution in [3.8, 4) is 0 Å². The average molecular weight is 289 g/mol. The summed E-state index contributed by atoms with van der Waals surface area (Å²) in [7, 11) is 0. The molecular formula is C13H21O7-. The van der Waals surface area contributed by atoms with Crippen LogP contribution in [0.25, 0.3) is 0 Å². The Morgan fingerprint density at radius 2 is 2.00 bits per heavy atom. The van der Waals surface area contributed by atoms with Crippen LogP contribution in [0.2, 0.25) is 0 Å². The lowest BCUT2D eigenvalue weighted by molar-refractivity contribution is -0.304. The highest BCUT2D eigenvalue weighted by Crippen LogP contribution is 2.21. The smallest absolute Gasteiger partial charge is 0.183 e. The molecule has 1 rings (SSSR count). The number of ketones is 1. The maximum Gasteiger partial charge on any atom is 0.183 e. The van der Waals surface area contributed by atoms with Gasteiger partial charge in [-0.25, -0.2) is 0 Å². The molecule has 0 saturated carbocycles. The number of carboxylic acids is 1. The number of carboxylic acid groups (broad SMARTS) is 1. The molecule has 0 amide bonds. The van der Waals surface area contributed by atoms with Gasteiger partial charge in [-0.2, -0.15) is 0 Å². The van der Waals surface area contributed by atoms with E-state index in [-0.39, 0.29) is 18.6 Å². The quantitative estimate of drug-likeness (QED) is 0.423. The van der Waals surface area contributed by atoms with Crippen LogP contribution >= 0.6 is 0 Å². The highest BCUT2D eigenvalue weighted by Gasteiger charge is 2.34. The number of aliphatic hydroxyl groups excluding tert-OH is 2. The molecule has 116 valence electrons. The second-order valence-electron chi connectivity index (χ2n) is 5.00. The summed E-state index contributed by atoms with van der Waals surface area (Å²) in [6.07, 6.45) is -1.86. The first-order valence-electron chi connectivity index (χ1n) is 6.75. The number of carbonyl (C=O) groups excluding carboxylic acids is 2. The molecular weight excluding hydrogens is 268 g/mol. The molecule has 0 spiro atoms. The van der Waals surface area contributed by atoms with Crippen molar-refractivity contribution < 1.29 is 34.4 Å². The number of rotatable bonds is 8. The zero-order chi connectivity index (χ0) is 15.1. The van der Waals surface area contributed by atoms with Crippen molar-refractivity contribution in [2.45, 2.75) is 63.6 Å². The minimum Gasteiger partial charge on any atom is -0.550 e. The lowest BCUT2D eigenvalue weighted by atomic mass is 10.0. The van der Waals surface area contributed by atoms with E-state index in [0.717, 1.165) is 0 Å². The molecule has 0 radical (unpaired) electrons. The minimum atomic E-state index is -1.36. The maximum absolute atomic E-state index is 11.1. The molecule has 0 bridgehead atoms. The Kier molecular flexibility index (Phi) is 7.08. The molecule has 4 atom stereocenters. The molecule has 20 heavy (non-hydrogen) atoms. The Morgan fingerprint density at radius 1 is 1.30 bits per heavy atom. The van der Waals surface area contributed by atoms with Gasteiger partial charge in [0.25, 0.3) is 0 Å². The highest BCUT2D eigenvalue weighted by molar-refractivity contribution is 5.93. The summed E-state index contributed by atoms with van der Waals surface area (Å²) in [4.78, 5) is 21.3. The van der Waals surface area contributed by atoms with Crippen LogP contribution in [0.5, 0.6) is 0 Å². The fraction of sp³-hybridized carbons (Fsp3) is 0.846. The largest absolute Gasteiger partial charge is 0.550 e. The molecule has 7 nitrogen and oxygen atoms in total. The fourth-order valence-electron chi connectivity index (χ4n) is 1.97. The number of carbonyl (C=O) groups is 2. The Balaban J connectivity index is 2.12. The van der Waals surface area contributed by atoms with Crippen LogP contribution in [-0.4, -0.2) is 53.2 Å². The summed E-state index contributed by atoms with van der Waals surface area (Å²) in [6, 6.07) is 0. The summed E-state index contributed by atoms with van der Waals surface area (Å²) in [5.74, 6) is -1.73. The van der Waals surface area contributed by atoms with E-state index in [1.165, 1.54) is 0 Å². The summed E-state index contributed by atoms with van der Waals surface area (Å²) in [5.41, 5.74) is 0. The van der Waals surface area contributed by atoms with E-state index in [4.69, 9.17) is 9.47 Å². The van der Waals surface area contributed by atoms with Crippen molar-refractivity contribution in [3.05, 3.63) is 0 Å². The van der Waals surface area contributed by atoms with Crippen molar-refractivity contribution in [3.63, 3.8) is 0 Å². The standard InChI is InChI=1S/C13H22O7/c1-8-10(15)7-11(16)13(20-8)19-5-3-2-4-9(14)6-12(17)18/h8,10-11,13,15-16H,2-7H2,1H3,(H,17,18)/p-1/t8-,10+,11+,13+/m0/s1. The lowest BCUT2D eigenvalue weighted by Crippen LogP contribution is -2.47. The lowest BCUT2D eigenvalue weighted by Gasteiger charge is -2.35. The van der Waals surface area contributed by atoms with Gasteiger partial charge in [0.1, 0.15) is 11.9 Å². The van der Waals surface area contributed by atoms with Gasteiger partial charge in [0, 0.05) is 31.8 Å². The first kappa shape index (κ1) is 17.0. The van der Waals surface area contributed by atoms with E-state index < -0.39 is 37.0 Å².